The third-order valence-corrected chi connectivity index (χ3v) is 2.12. The molecule has 1 N–H and O–H groups in total. The lowest BCUT2D eigenvalue weighted by Crippen LogP contribution is -2.12. The van der Waals surface area contributed by atoms with Gasteiger partial charge in [-0.2, -0.15) is 0 Å². The number of aromatic nitrogens is 2. The largest absolute Gasteiger partial charge is 0.475 e. The molecule has 0 saturated heterocycles. The highest BCUT2D eigenvalue weighted by molar-refractivity contribution is 5.14. The van der Waals surface area contributed by atoms with Crippen LogP contribution in [0.1, 0.15) is 39.3 Å². The van der Waals surface area contributed by atoms with Crippen LogP contribution in [-0.2, 0) is 6.42 Å². The number of aliphatic hydroxyl groups excluding tert-OH is 1. The molecule has 1 heterocycles. The summed E-state index contributed by atoms with van der Waals surface area (Å²) >= 11 is 0. The lowest BCUT2D eigenvalue weighted by Gasteiger charge is -2.11. The average molecular weight is 224 g/mol. The molecule has 16 heavy (non-hydrogen) atoms. The van der Waals surface area contributed by atoms with Crippen LogP contribution in [-0.4, -0.2) is 27.3 Å². The summed E-state index contributed by atoms with van der Waals surface area (Å²) in [4.78, 5) is 8.14. The third-order valence-electron chi connectivity index (χ3n) is 2.12. The molecular weight excluding hydrogens is 204 g/mol. The summed E-state index contributed by atoms with van der Waals surface area (Å²) in [6.07, 6.45) is 3.58. The van der Waals surface area contributed by atoms with Gasteiger partial charge in [0.2, 0.25) is 5.88 Å². The first-order chi connectivity index (χ1) is 7.61. The van der Waals surface area contributed by atoms with E-state index in [1.165, 1.54) is 6.33 Å². The van der Waals surface area contributed by atoms with Crippen molar-refractivity contribution in [3.05, 3.63) is 18.1 Å². The first kappa shape index (κ1) is 12.9. The summed E-state index contributed by atoms with van der Waals surface area (Å²) in [6.45, 7) is 5.96. The molecule has 1 aromatic heterocycles. The van der Waals surface area contributed by atoms with Gasteiger partial charge < -0.3 is 9.84 Å². The van der Waals surface area contributed by atoms with E-state index in [2.05, 4.69) is 16.9 Å². The molecule has 4 heteroatoms. The van der Waals surface area contributed by atoms with Crippen molar-refractivity contribution >= 4 is 0 Å². The van der Waals surface area contributed by atoms with Crippen molar-refractivity contribution in [2.45, 2.75) is 52.2 Å². The van der Waals surface area contributed by atoms with Gasteiger partial charge >= 0.3 is 0 Å². The second kappa shape index (κ2) is 6.43. The molecule has 0 aliphatic heterocycles. The summed E-state index contributed by atoms with van der Waals surface area (Å²) in [5, 5.41) is 9.67. The molecule has 0 saturated carbocycles. The lowest BCUT2D eigenvalue weighted by atomic mass is 10.1. The zero-order valence-electron chi connectivity index (χ0n) is 10.2. The second-order valence-electron chi connectivity index (χ2n) is 4.16. The number of aliphatic hydroxyl groups is 1. The number of nitrogens with zero attached hydrogens (tertiary/aromatic N) is 2. The minimum Gasteiger partial charge on any atom is -0.475 e. The fourth-order valence-electron chi connectivity index (χ4n) is 1.47. The predicted molar refractivity (Wildman–Crippen MR) is 62.4 cm³/mol. The zero-order chi connectivity index (χ0) is 12.0. The Labute approximate surface area is 96.7 Å². The summed E-state index contributed by atoms with van der Waals surface area (Å²) in [5.41, 5.74) is 0.826. The summed E-state index contributed by atoms with van der Waals surface area (Å²) in [7, 11) is 0. The van der Waals surface area contributed by atoms with Crippen LogP contribution in [0.4, 0.5) is 0 Å². The van der Waals surface area contributed by atoms with Crippen LogP contribution in [0.2, 0.25) is 0 Å². The van der Waals surface area contributed by atoms with E-state index in [4.69, 9.17) is 4.74 Å². The Bertz CT molecular complexity index is 316. The Morgan fingerprint density at radius 1 is 1.38 bits per heavy atom. The Morgan fingerprint density at radius 3 is 2.75 bits per heavy atom. The summed E-state index contributed by atoms with van der Waals surface area (Å²) in [5.74, 6) is 0.573. The highest BCUT2D eigenvalue weighted by atomic mass is 16.5. The molecule has 0 bridgehead atoms. The molecule has 0 aliphatic rings. The number of hydrogen-bond donors (Lipinski definition) is 1. The third kappa shape index (κ3) is 4.57. The number of ether oxygens (including phenoxy) is 1. The van der Waals surface area contributed by atoms with Crippen LogP contribution in [0.25, 0.3) is 0 Å². The van der Waals surface area contributed by atoms with E-state index in [1.807, 2.05) is 13.8 Å². The van der Waals surface area contributed by atoms with Crippen molar-refractivity contribution in [2.24, 2.45) is 0 Å². The Kier molecular flexibility index (Phi) is 5.19. The van der Waals surface area contributed by atoms with Gasteiger partial charge in [0.05, 0.1) is 17.9 Å². The predicted octanol–water partition coefficient (Wildman–Crippen LogP) is 1.97. The molecule has 1 unspecified atom stereocenters. The van der Waals surface area contributed by atoms with Crippen molar-refractivity contribution < 1.29 is 9.84 Å². The van der Waals surface area contributed by atoms with Gasteiger partial charge in [-0.15, -0.1) is 0 Å². The molecule has 1 rings (SSSR count). The van der Waals surface area contributed by atoms with Crippen LogP contribution >= 0.6 is 0 Å². The van der Waals surface area contributed by atoms with Crippen molar-refractivity contribution in [1.29, 1.82) is 0 Å². The Morgan fingerprint density at radius 2 is 2.12 bits per heavy atom. The first-order valence-corrected chi connectivity index (χ1v) is 5.77. The monoisotopic (exact) mass is 224 g/mol. The molecule has 0 amide bonds. The molecule has 0 fully saturated rings. The van der Waals surface area contributed by atoms with Crippen LogP contribution in [0.3, 0.4) is 0 Å². The quantitative estimate of drug-likeness (QED) is 0.802. The van der Waals surface area contributed by atoms with E-state index < -0.39 is 0 Å². The highest BCUT2D eigenvalue weighted by Gasteiger charge is 2.07. The topological polar surface area (TPSA) is 55.2 Å². The van der Waals surface area contributed by atoms with E-state index in [0.717, 1.165) is 18.5 Å². The maximum atomic E-state index is 9.67. The second-order valence-corrected chi connectivity index (χ2v) is 4.16. The molecule has 0 aliphatic carbocycles. The molecule has 0 radical (unpaired) electrons. The maximum Gasteiger partial charge on any atom is 0.216 e. The van der Waals surface area contributed by atoms with Crippen LogP contribution in [0.5, 0.6) is 5.88 Å². The fourth-order valence-corrected chi connectivity index (χ4v) is 1.47. The zero-order valence-corrected chi connectivity index (χ0v) is 10.2. The average Bonchev–Trinajstić information content (AvgIpc) is 2.17. The molecule has 1 atom stereocenters. The Hall–Kier alpha value is -1.16. The normalized spacial score (nSPS) is 12.8. The molecule has 4 nitrogen and oxygen atoms in total. The van der Waals surface area contributed by atoms with Gasteiger partial charge in [-0.3, -0.25) is 0 Å². The maximum absolute atomic E-state index is 9.67. The van der Waals surface area contributed by atoms with Crippen LogP contribution < -0.4 is 4.74 Å². The summed E-state index contributed by atoms with van der Waals surface area (Å²) in [6, 6.07) is 1.79. The lowest BCUT2D eigenvalue weighted by molar-refractivity contribution is 0.162. The molecule has 0 spiro atoms. The minimum atomic E-state index is -0.327. The molecule has 90 valence electrons. The van der Waals surface area contributed by atoms with E-state index >= 15 is 0 Å². The number of rotatable bonds is 6. The van der Waals surface area contributed by atoms with Gasteiger partial charge in [-0.05, 0) is 20.3 Å². The van der Waals surface area contributed by atoms with Gasteiger partial charge in [0, 0.05) is 12.5 Å². The molecular formula is C12H20N2O2. The van der Waals surface area contributed by atoms with E-state index in [0.29, 0.717) is 12.3 Å². The highest BCUT2D eigenvalue weighted by Crippen LogP contribution is 2.11. The molecule has 0 aromatic carbocycles. The van der Waals surface area contributed by atoms with Gasteiger partial charge in [0.15, 0.2) is 0 Å². The first-order valence-electron chi connectivity index (χ1n) is 5.77. The van der Waals surface area contributed by atoms with Gasteiger partial charge in [0.25, 0.3) is 0 Å². The SMILES string of the molecule is CCCC(O)Cc1cc(OC(C)C)ncn1. The summed E-state index contributed by atoms with van der Waals surface area (Å²) < 4.78 is 5.46. The van der Waals surface area contributed by atoms with Crippen molar-refractivity contribution in [2.75, 3.05) is 0 Å². The van der Waals surface area contributed by atoms with Gasteiger partial charge in [0.1, 0.15) is 6.33 Å². The number of hydrogen-bond acceptors (Lipinski definition) is 4. The van der Waals surface area contributed by atoms with Crippen LogP contribution in [0.15, 0.2) is 12.4 Å². The van der Waals surface area contributed by atoms with E-state index in [9.17, 15) is 5.11 Å². The fraction of sp³-hybridized carbons (Fsp3) is 0.667. The molecule has 1 aromatic rings. The smallest absolute Gasteiger partial charge is 0.216 e. The van der Waals surface area contributed by atoms with Gasteiger partial charge in [-0.25, -0.2) is 9.97 Å². The van der Waals surface area contributed by atoms with Crippen molar-refractivity contribution in [3.8, 4) is 5.88 Å². The van der Waals surface area contributed by atoms with E-state index in [-0.39, 0.29) is 12.2 Å². The van der Waals surface area contributed by atoms with Crippen molar-refractivity contribution in [3.63, 3.8) is 0 Å². The van der Waals surface area contributed by atoms with Gasteiger partial charge in [-0.1, -0.05) is 13.3 Å². The Balaban J connectivity index is 2.59. The van der Waals surface area contributed by atoms with Crippen molar-refractivity contribution in [1.82, 2.24) is 9.97 Å². The van der Waals surface area contributed by atoms with Crippen LogP contribution in [0, 0.1) is 0 Å². The van der Waals surface area contributed by atoms with E-state index in [1.54, 1.807) is 6.07 Å². The minimum absolute atomic E-state index is 0.100. The standard InChI is InChI=1S/C12H20N2O2/c1-4-5-11(15)6-10-7-12(14-8-13-10)16-9(2)3/h7-9,11,15H,4-6H2,1-3H3.